The van der Waals surface area contributed by atoms with Crippen LogP contribution in [0.5, 0.6) is 23.0 Å². The van der Waals surface area contributed by atoms with Crippen LogP contribution in [0.1, 0.15) is 47.0 Å². The second-order valence-electron chi connectivity index (χ2n) is 5.49. The van der Waals surface area contributed by atoms with Crippen LogP contribution in [0.15, 0.2) is 12.1 Å². The SMILES string of the molecule is CCC(N)(CC)CC.CCOc1ccc(OOB(O)O)c(OC)c1OC. The Kier molecular flexibility index (Phi) is 11.8. The van der Waals surface area contributed by atoms with Crippen LogP contribution in [0.2, 0.25) is 0 Å². The molecular formula is C17H32BNO7. The third kappa shape index (κ3) is 7.69. The summed E-state index contributed by atoms with van der Waals surface area (Å²) in [5, 5.41) is 17.1. The van der Waals surface area contributed by atoms with Gasteiger partial charge in [-0.25, -0.2) is 0 Å². The van der Waals surface area contributed by atoms with Crippen LogP contribution in [-0.2, 0) is 4.81 Å². The molecule has 26 heavy (non-hydrogen) atoms. The highest BCUT2D eigenvalue weighted by Crippen LogP contribution is 2.44. The Morgan fingerprint density at radius 2 is 1.38 bits per heavy atom. The maximum Gasteiger partial charge on any atom is 0.672 e. The zero-order valence-electron chi connectivity index (χ0n) is 16.6. The van der Waals surface area contributed by atoms with Gasteiger partial charge in [0.2, 0.25) is 17.2 Å². The lowest BCUT2D eigenvalue weighted by Crippen LogP contribution is -2.37. The molecule has 4 N–H and O–H groups in total. The first-order valence-electron chi connectivity index (χ1n) is 8.68. The van der Waals surface area contributed by atoms with Gasteiger partial charge in [0.15, 0.2) is 5.75 Å². The van der Waals surface area contributed by atoms with Gasteiger partial charge in [0.25, 0.3) is 0 Å². The number of ether oxygens (including phenoxy) is 3. The summed E-state index contributed by atoms with van der Waals surface area (Å²) in [6, 6.07) is 3.09. The predicted molar refractivity (Wildman–Crippen MR) is 100 cm³/mol. The average molecular weight is 373 g/mol. The van der Waals surface area contributed by atoms with Gasteiger partial charge in [0.05, 0.1) is 20.8 Å². The van der Waals surface area contributed by atoms with E-state index in [1.54, 1.807) is 6.07 Å². The van der Waals surface area contributed by atoms with Gasteiger partial charge in [-0.15, -0.1) is 0 Å². The van der Waals surface area contributed by atoms with Crippen molar-refractivity contribution < 1.29 is 34.0 Å². The molecule has 9 heteroatoms. The molecule has 0 amide bonds. The summed E-state index contributed by atoms with van der Waals surface area (Å²) >= 11 is 0. The molecule has 0 aromatic heterocycles. The highest BCUT2D eigenvalue weighted by molar-refractivity contribution is 6.32. The second-order valence-corrected chi connectivity index (χ2v) is 5.49. The van der Waals surface area contributed by atoms with E-state index in [9.17, 15) is 0 Å². The molecule has 1 rings (SSSR count). The number of hydrogen-bond acceptors (Lipinski definition) is 8. The first-order chi connectivity index (χ1) is 12.3. The summed E-state index contributed by atoms with van der Waals surface area (Å²) in [4.78, 5) is 8.91. The fourth-order valence-electron chi connectivity index (χ4n) is 2.09. The molecule has 0 spiro atoms. The van der Waals surface area contributed by atoms with E-state index in [4.69, 9.17) is 34.9 Å². The molecule has 150 valence electrons. The summed E-state index contributed by atoms with van der Waals surface area (Å²) in [6.45, 7) is 8.74. The molecule has 0 aliphatic carbocycles. The van der Waals surface area contributed by atoms with E-state index < -0.39 is 7.32 Å². The zero-order valence-corrected chi connectivity index (χ0v) is 16.6. The summed E-state index contributed by atoms with van der Waals surface area (Å²) in [5.74, 6) is 1.16. The lowest BCUT2D eigenvalue weighted by molar-refractivity contribution is -0.139. The van der Waals surface area contributed by atoms with Crippen molar-refractivity contribution in [1.29, 1.82) is 0 Å². The van der Waals surface area contributed by atoms with E-state index >= 15 is 0 Å². The van der Waals surface area contributed by atoms with E-state index in [2.05, 4.69) is 25.6 Å². The first-order valence-corrected chi connectivity index (χ1v) is 8.68. The van der Waals surface area contributed by atoms with Gasteiger partial charge in [-0.2, -0.15) is 4.81 Å². The zero-order chi connectivity index (χ0) is 20.2. The Hall–Kier alpha value is -1.68. The van der Waals surface area contributed by atoms with Crippen LogP contribution < -0.4 is 24.8 Å². The molecule has 0 bridgehead atoms. The second kappa shape index (κ2) is 12.6. The van der Waals surface area contributed by atoms with Crippen LogP contribution in [0.4, 0.5) is 0 Å². The summed E-state index contributed by atoms with van der Waals surface area (Å²) in [7, 11) is 0.814. The van der Waals surface area contributed by atoms with Crippen molar-refractivity contribution in [3.63, 3.8) is 0 Å². The Balaban J connectivity index is 0.000000660. The third-order valence-corrected chi connectivity index (χ3v) is 4.08. The monoisotopic (exact) mass is 373 g/mol. The Morgan fingerprint density at radius 1 is 0.923 bits per heavy atom. The van der Waals surface area contributed by atoms with E-state index in [1.807, 2.05) is 6.92 Å². The predicted octanol–water partition coefficient (Wildman–Crippen LogP) is 2.30. The number of rotatable bonds is 10. The number of benzene rings is 1. The lowest BCUT2D eigenvalue weighted by Gasteiger charge is -2.23. The summed E-state index contributed by atoms with van der Waals surface area (Å²) in [6.07, 6.45) is 3.29. The molecule has 0 heterocycles. The molecule has 0 atom stereocenters. The summed E-state index contributed by atoms with van der Waals surface area (Å²) in [5.41, 5.74) is 6.02. The van der Waals surface area contributed by atoms with Crippen LogP contribution >= 0.6 is 0 Å². The summed E-state index contributed by atoms with van der Waals surface area (Å²) < 4.78 is 15.6. The molecule has 0 saturated heterocycles. The van der Waals surface area contributed by atoms with Crippen molar-refractivity contribution in [3.8, 4) is 23.0 Å². The first kappa shape index (κ1) is 24.3. The van der Waals surface area contributed by atoms with Crippen LogP contribution in [-0.4, -0.2) is 43.7 Å². The average Bonchev–Trinajstić information content (AvgIpc) is 2.66. The van der Waals surface area contributed by atoms with E-state index in [1.165, 1.54) is 20.3 Å². The molecule has 0 saturated carbocycles. The minimum absolute atomic E-state index is 0.125. The van der Waals surface area contributed by atoms with Crippen molar-refractivity contribution in [2.45, 2.75) is 52.5 Å². The standard InChI is InChI=1S/C10H15BO7.C7H17N/c1-4-16-7-5-6-8(17-18-11(12)13)10(15-3)9(7)14-2;1-4-7(8,5-2)6-3/h5-6,12-13H,4H2,1-3H3;4-6,8H2,1-3H3. The van der Waals surface area contributed by atoms with E-state index in [0.29, 0.717) is 18.1 Å². The molecule has 0 fully saturated rings. The molecular weight excluding hydrogens is 341 g/mol. The molecule has 1 aromatic rings. The largest absolute Gasteiger partial charge is 0.672 e. The topological polar surface area (TPSA) is 113 Å². The van der Waals surface area contributed by atoms with Crippen LogP contribution in [0.3, 0.4) is 0 Å². The van der Waals surface area contributed by atoms with Crippen molar-refractivity contribution in [1.82, 2.24) is 0 Å². The smallest absolute Gasteiger partial charge is 0.490 e. The third-order valence-electron chi connectivity index (χ3n) is 4.08. The normalized spacial score (nSPS) is 10.5. The maximum absolute atomic E-state index is 8.55. The Bertz CT molecular complexity index is 502. The minimum Gasteiger partial charge on any atom is -0.490 e. The van der Waals surface area contributed by atoms with Crippen molar-refractivity contribution >= 4 is 7.32 Å². The highest BCUT2D eigenvalue weighted by Gasteiger charge is 2.20. The van der Waals surface area contributed by atoms with Gasteiger partial charge in [-0.1, -0.05) is 20.8 Å². The Morgan fingerprint density at radius 3 is 1.73 bits per heavy atom. The van der Waals surface area contributed by atoms with Gasteiger partial charge in [0.1, 0.15) is 0 Å². The van der Waals surface area contributed by atoms with Gasteiger partial charge in [0, 0.05) is 5.54 Å². The quantitative estimate of drug-likeness (QED) is 0.325. The van der Waals surface area contributed by atoms with E-state index in [0.717, 1.165) is 19.3 Å². The number of methoxy groups -OCH3 is 2. The van der Waals surface area contributed by atoms with Gasteiger partial charge < -0.3 is 34.9 Å². The van der Waals surface area contributed by atoms with Crippen molar-refractivity contribution in [2.75, 3.05) is 20.8 Å². The molecule has 0 aliphatic rings. The van der Waals surface area contributed by atoms with Gasteiger partial charge >= 0.3 is 7.32 Å². The van der Waals surface area contributed by atoms with Crippen molar-refractivity contribution in [2.24, 2.45) is 5.73 Å². The van der Waals surface area contributed by atoms with E-state index in [-0.39, 0.29) is 17.0 Å². The molecule has 8 nitrogen and oxygen atoms in total. The number of nitrogens with two attached hydrogens (primary N) is 1. The van der Waals surface area contributed by atoms with Crippen LogP contribution in [0.25, 0.3) is 0 Å². The van der Waals surface area contributed by atoms with Gasteiger partial charge in [-0.05, 0) is 38.3 Å². The van der Waals surface area contributed by atoms with Gasteiger partial charge in [-0.3, -0.25) is 0 Å². The minimum atomic E-state index is -2.05. The molecule has 0 aliphatic heterocycles. The molecule has 1 aromatic carbocycles. The fourth-order valence-corrected chi connectivity index (χ4v) is 2.09. The fraction of sp³-hybridized carbons (Fsp3) is 0.647. The van der Waals surface area contributed by atoms with Crippen LogP contribution in [0, 0.1) is 0 Å². The highest BCUT2D eigenvalue weighted by atomic mass is 17.2. The lowest BCUT2D eigenvalue weighted by atomic mass is 9.92. The maximum atomic E-state index is 8.55. The Labute approximate surface area is 156 Å². The molecule has 0 radical (unpaired) electrons. The molecule has 0 unspecified atom stereocenters. The number of hydrogen-bond donors (Lipinski definition) is 3. The van der Waals surface area contributed by atoms with Crippen molar-refractivity contribution in [3.05, 3.63) is 12.1 Å².